The number of ketones is 1. The normalized spacial score (nSPS) is 34.8. The van der Waals surface area contributed by atoms with E-state index in [2.05, 4.69) is 39.0 Å². The van der Waals surface area contributed by atoms with E-state index in [4.69, 9.17) is 9.47 Å². The van der Waals surface area contributed by atoms with Crippen LogP contribution in [-0.2, 0) is 25.5 Å². The summed E-state index contributed by atoms with van der Waals surface area (Å²) in [7, 11) is 1.41. The number of Topliss-reactive ketones (excluding diaryl/α,β-unsaturated/α-hetero) is 1. The summed E-state index contributed by atoms with van der Waals surface area (Å²) in [6, 6.07) is 6.87. The van der Waals surface area contributed by atoms with Crippen molar-refractivity contribution < 1.29 is 19.1 Å². The van der Waals surface area contributed by atoms with Crippen molar-refractivity contribution in [3.8, 4) is 0 Å². The topological polar surface area (TPSA) is 52.6 Å². The Morgan fingerprint density at radius 2 is 2.03 bits per heavy atom. The molecule has 1 aromatic carbocycles. The van der Waals surface area contributed by atoms with Gasteiger partial charge in [0.15, 0.2) is 5.78 Å². The Kier molecular flexibility index (Phi) is 5.82. The van der Waals surface area contributed by atoms with Gasteiger partial charge in [-0.1, -0.05) is 37.6 Å². The zero-order chi connectivity index (χ0) is 21.5. The van der Waals surface area contributed by atoms with Crippen LogP contribution in [0.1, 0.15) is 75.0 Å². The van der Waals surface area contributed by atoms with Crippen LogP contribution in [0.3, 0.4) is 0 Å². The van der Waals surface area contributed by atoms with Gasteiger partial charge in [0.05, 0.1) is 7.11 Å². The maximum atomic E-state index is 13.9. The molecule has 5 atom stereocenters. The van der Waals surface area contributed by atoms with Crippen LogP contribution in [0, 0.1) is 29.6 Å². The number of hydrogen-bond acceptors (Lipinski definition) is 4. The van der Waals surface area contributed by atoms with Crippen LogP contribution in [0.15, 0.2) is 18.2 Å². The fraction of sp³-hybridized carbons (Fsp3) is 0.692. The first kappa shape index (κ1) is 21.5. The number of esters is 1. The fourth-order valence-electron chi connectivity index (χ4n) is 6.89. The van der Waals surface area contributed by atoms with E-state index in [9.17, 15) is 9.59 Å². The Morgan fingerprint density at radius 1 is 1.23 bits per heavy atom. The van der Waals surface area contributed by atoms with Crippen molar-refractivity contribution in [2.24, 2.45) is 22.7 Å². The third-order valence-corrected chi connectivity index (χ3v) is 8.39. The minimum Gasteiger partial charge on any atom is -0.468 e. The molecule has 0 bridgehead atoms. The minimum atomic E-state index is -1.04. The second kappa shape index (κ2) is 8.11. The Bertz CT molecular complexity index is 830. The molecule has 1 aromatic rings. The summed E-state index contributed by atoms with van der Waals surface area (Å²) < 4.78 is 10.9. The molecule has 0 radical (unpaired) electrons. The van der Waals surface area contributed by atoms with E-state index < -0.39 is 10.8 Å². The maximum absolute atomic E-state index is 13.9. The predicted molar refractivity (Wildman–Crippen MR) is 116 cm³/mol. The first-order valence-corrected chi connectivity index (χ1v) is 11.7. The molecule has 2 saturated carbocycles. The monoisotopic (exact) mass is 412 g/mol. The summed E-state index contributed by atoms with van der Waals surface area (Å²) in [6.07, 6.45) is 6.07. The van der Waals surface area contributed by atoms with Crippen LogP contribution in [0.5, 0.6) is 0 Å². The zero-order valence-electron chi connectivity index (χ0n) is 19.0. The summed E-state index contributed by atoms with van der Waals surface area (Å²) in [6.45, 7) is 7.44. The lowest BCUT2D eigenvalue weighted by atomic mass is 9.55. The van der Waals surface area contributed by atoms with E-state index in [-0.39, 0.29) is 17.7 Å². The zero-order valence-corrected chi connectivity index (χ0v) is 19.0. The molecule has 0 spiro atoms. The van der Waals surface area contributed by atoms with E-state index in [0.29, 0.717) is 37.9 Å². The van der Waals surface area contributed by atoms with E-state index in [0.717, 1.165) is 32.1 Å². The number of carbonyl (C=O) groups excluding carboxylic acids is 2. The van der Waals surface area contributed by atoms with Crippen LogP contribution in [0.2, 0.25) is 0 Å². The molecule has 164 valence electrons. The predicted octanol–water partition coefficient (Wildman–Crippen LogP) is 5.01. The summed E-state index contributed by atoms with van der Waals surface area (Å²) >= 11 is 0. The number of rotatable bonds is 6. The van der Waals surface area contributed by atoms with Crippen molar-refractivity contribution in [2.45, 2.75) is 71.6 Å². The molecule has 0 heterocycles. The molecule has 0 N–H and O–H groups in total. The van der Waals surface area contributed by atoms with Crippen molar-refractivity contribution in [3.63, 3.8) is 0 Å². The van der Waals surface area contributed by atoms with E-state index >= 15 is 0 Å². The summed E-state index contributed by atoms with van der Waals surface area (Å²) in [5, 5.41) is 0. The lowest BCUT2D eigenvalue weighted by Crippen LogP contribution is -2.45. The van der Waals surface area contributed by atoms with Crippen molar-refractivity contribution in [2.75, 3.05) is 20.3 Å². The third kappa shape index (κ3) is 3.23. The Labute approximate surface area is 180 Å². The molecule has 4 heteroatoms. The highest BCUT2D eigenvalue weighted by molar-refractivity contribution is 6.08. The van der Waals surface area contributed by atoms with Gasteiger partial charge >= 0.3 is 5.97 Å². The summed E-state index contributed by atoms with van der Waals surface area (Å²) in [4.78, 5) is 26.8. The summed E-state index contributed by atoms with van der Waals surface area (Å²) in [5.41, 5.74) is 2.82. The molecule has 2 fully saturated rings. The molecule has 3 aliphatic carbocycles. The molecular weight excluding hydrogens is 376 g/mol. The van der Waals surface area contributed by atoms with E-state index in [1.165, 1.54) is 23.8 Å². The Balaban J connectivity index is 1.65. The van der Waals surface area contributed by atoms with Gasteiger partial charge in [0.2, 0.25) is 0 Å². The van der Waals surface area contributed by atoms with Crippen LogP contribution in [0.25, 0.3) is 0 Å². The van der Waals surface area contributed by atoms with E-state index in [1.807, 2.05) is 0 Å². The largest absolute Gasteiger partial charge is 0.468 e. The van der Waals surface area contributed by atoms with Gasteiger partial charge in [0.25, 0.3) is 0 Å². The lowest BCUT2D eigenvalue weighted by Gasteiger charge is -2.48. The van der Waals surface area contributed by atoms with Gasteiger partial charge in [-0.2, -0.15) is 0 Å². The highest BCUT2D eigenvalue weighted by Crippen LogP contribution is 2.64. The number of methoxy groups -OCH3 is 1. The minimum absolute atomic E-state index is 0.111. The van der Waals surface area contributed by atoms with Gasteiger partial charge in [-0.3, -0.25) is 9.59 Å². The maximum Gasteiger partial charge on any atom is 0.319 e. The number of aryl methyl sites for hydroxylation is 2. The molecular formula is C26H36O4. The fourth-order valence-corrected chi connectivity index (χ4v) is 6.89. The molecule has 0 aromatic heterocycles. The first-order chi connectivity index (χ1) is 14.4. The van der Waals surface area contributed by atoms with Gasteiger partial charge in [0.1, 0.15) is 5.41 Å². The van der Waals surface area contributed by atoms with Crippen molar-refractivity contribution in [1.82, 2.24) is 0 Å². The van der Waals surface area contributed by atoms with Gasteiger partial charge in [-0.25, -0.2) is 0 Å². The standard InChI is InChI=1S/C26H36O4/c1-5-13-30-14-12-26(24(28)29-4)16-22-21-9-7-18-15-17(2)6-8-19(18)20(21)10-11-25(22,3)23(26)27/h6,8,15,20-22H,5,7,9-14,16H2,1-4H3/t20?,21?,22?,25-,26-/m0/s1. The van der Waals surface area contributed by atoms with Gasteiger partial charge in [-0.15, -0.1) is 0 Å². The van der Waals surface area contributed by atoms with Gasteiger partial charge in [0, 0.05) is 18.6 Å². The quantitative estimate of drug-likeness (QED) is 0.375. The van der Waals surface area contributed by atoms with Gasteiger partial charge in [-0.05, 0) is 80.8 Å². The smallest absolute Gasteiger partial charge is 0.319 e. The van der Waals surface area contributed by atoms with E-state index in [1.54, 1.807) is 0 Å². The average Bonchev–Trinajstić information content (AvgIpc) is 2.98. The van der Waals surface area contributed by atoms with Gasteiger partial charge < -0.3 is 9.47 Å². The van der Waals surface area contributed by atoms with Crippen LogP contribution in [0.4, 0.5) is 0 Å². The Hall–Kier alpha value is -1.68. The molecule has 3 aliphatic rings. The highest BCUT2D eigenvalue weighted by atomic mass is 16.5. The van der Waals surface area contributed by atoms with Crippen molar-refractivity contribution >= 4 is 11.8 Å². The highest BCUT2D eigenvalue weighted by Gasteiger charge is 2.66. The SMILES string of the molecule is CCCOCC[C@]1(C(=O)OC)CC2C3CCc4cc(C)ccc4C3CC[C@]2(C)C1=O. The number of hydrogen-bond donors (Lipinski definition) is 0. The molecule has 0 saturated heterocycles. The van der Waals surface area contributed by atoms with Crippen molar-refractivity contribution in [1.29, 1.82) is 0 Å². The number of ether oxygens (including phenoxy) is 2. The molecule has 4 nitrogen and oxygen atoms in total. The summed E-state index contributed by atoms with van der Waals surface area (Å²) in [5.74, 6) is 0.964. The second-order valence-electron chi connectivity index (χ2n) is 10.0. The average molecular weight is 413 g/mol. The first-order valence-electron chi connectivity index (χ1n) is 11.7. The third-order valence-electron chi connectivity index (χ3n) is 8.39. The molecule has 4 rings (SSSR count). The number of benzene rings is 1. The Morgan fingerprint density at radius 3 is 2.77 bits per heavy atom. The van der Waals surface area contributed by atoms with Crippen molar-refractivity contribution in [3.05, 3.63) is 34.9 Å². The van der Waals surface area contributed by atoms with Crippen LogP contribution < -0.4 is 0 Å². The van der Waals surface area contributed by atoms with Crippen LogP contribution in [-0.4, -0.2) is 32.1 Å². The lowest BCUT2D eigenvalue weighted by molar-refractivity contribution is -0.159. The number of carbonyl (C=O) groups is 2. The van der Waals surface area contributed by atoms with Crippen LogP contribution >= 0.6 is 0 Å². The molecule has 30 heavy (non-hydrogen) atoms. The second-order valence-corrected chi connectivity index (χ2v) is 10.0. The number of fused-ring (bicyclic) bond motifs is 5. The molecule has 3 unspecified atom stereocenters. The molecule has 0 aliphatic heterocycles. The molecule has 0 amide bonds.